The molecule has 4 aliphatic carbocycles. The second-order valence-corrected chi connectivity index (χ2v) is 10.9. The maximum Gasteiger partial charge on any atom is 0.252 e. The first-order valence-electron chi connectivity index (χ1n) is 12.7. The molecule has 6 aliphatic rings. The van der Waals surface area contributed by atoms with E-state index >= 15 is 0 Å². The van der Waals surface area contributed by atoms with Crippen LogP contribution in [-0.4, -0.2) is 56.4 Å². The van der Waals surface area contributed by atoms with E-state index in [0.29, 0.717) is 6.54 Å². The molecule has 2 aromatic rings. The van der Waals surface area contributed by atoms with Gasteiger partial charge in [0.05, 0.1) is 12.5 Å². The third-order valence-corrected chi connectivity index (χ3v) is 9.74. The number of nitrogens with one attached hydrogen (secondary N) is 1. The molecular weight excluding hydrogens is 440 g/mol. The predicted molar refractivity (Wildman–Crippen MR) is 132 cm³/mol. The second-order valence-electron chi connectivity index (χ2n) is 10.9. The van der Waals surface area contributed by atoms with Gasteiger partial charge in [0, 0.05) is 43.3 Å². The van der Waals surface area contributed by atoms with Crippen LogP contribution in [0, 0.1) is 5.41 Å². The van der Waals surface area contributed by atoms with Crippen molar-refractivity contribution in [3.8, 4) is 11.5 Å². The Balaban J connectivity index is 1.40. The van der Waals surface area contributed by atoms with E-state index in [0.717, 1.165) is 54.9 Å². The molecule has 1 saturated carbocycles. The summed E-state index contributed by atoms with van der Waals surface area (Å²) in [6.07, 6.45) is 5.71. The van der Waals surface area contributed by atoms with Gasteiger partial charge in [-0.25, -0.2) is 0 Å². The van der Waals surface area contributed by atoms with Crippen molar-refractivity contribution in [2.45, 2.75) is 55.4 Å². The van der Waals surface area contributed by atoms with Gasteiger partial charge < -0.3 is 24.4 Å². The zero-order valence-corrected chi connectivity index (χ0v) is 20.6. The third-order valence-electron chi connectivity index (χ3n) is 9.74. The molecule has 0 radical (unpaired) electrons. The first-order valence-corrected chi connectivity index (χ1v) is 12.7. The van der Waals surface area contributed by atoms with Crippen LogP contribution < -0.4 is 14.8 Å². The van der Waals surface area contributed by atoms with E-state index in [1.54, 1.807) is 14.2 Å². The Morgan fingerprint density at radius 3 is 2.74 bits per heavy atom. The molecular formula is C29H32N2O4. The number of ether oxygens (including phenoxy) is 3. The number of piperidine rings is 1. The largest absolute Gasteiger partial charge is 0.493 e. The molecule has 182 valence electrons. The third kappa shape index (κ3) is 2.40. The molecule has 2 aromatic carbocycles. The smallest absolute Gasteiger partial charge is 0.252 e. The Morgan fingerprint density at radius 1 is 1.14 bits per heavy atom. The molecule has 35 heavy (non-hydrogen) atoms. The van der Waals surface area contributed by atoms with Gasteiger partial charge in [0.2, 0.25) is 0 Å². The molecule has 4 bridgehead atoms. The highest BCUT2D eigenvalue weighted by Gasteiger charge is 2.78. The van der Waals surface area contributed by atoms with Crippen LogP contribution in [0.1, 0.15) is 36.0 Å². The van der Waals surface area contributed by atoms with Gasteiger partial charge in [-0.15, -0.1) is 0 Å². The van der Waals surface area contributed by atoms with E-state index in [1.807, 2.05) is 36.2 Å². The number of fused-ring (bicyclic) bond motifs is 1. The van der Waals surface area contributed by atoms with E-state index in [4.69, 9.17) is 14.2 Å². The highest BCUT2D eigenvalue weighted by molar-refractivity contribution is 5.97. The van der Waals surface area contributed by atoms with E-state index < -0.39 is 5.60 Å². The lowest BCUT2D eigenvalue weighted by Crippen LogP contribution is -2.78. The highest BCUT2D eigenvalue weighted by Crippen LogP contribution is 2.73. The topological polar surface area (TPSA) is 60.0 Å². The minimum absolute atomic E-state index is 0.0278. The van der Waals surface area contributed by atoms with Crippen molar-refractivity contribution >= 4 is 5.91 Å². The van der Waals surface area contributed by atoms with Crippen LogP contribution in [0.25, 0.3) is 0 Å². The SMILES string of the molecule is COc1ccc2c3c1O[C@@H]1[C@]34CCN[C@H](C2)[C@@]42C=C(C(=O)N(C)Cc3ccccc3)[C@]1(OC)CC2. The van der Waals surface area contributed by atoms with Crippen LogP contribution in [0.2, 0.25) is 0 Å². The molecule has 8 rings (SSSR count). The van der Waals surface area contributed by atoms with Crippen LogP contribution in [0.4, 0.5) is 0 Å². The molecule has 2 aliphatic heterocycles. The maximum absolute atomic E-state index is 14.1. The average Bonchev–Trinajstić information content (AvgIpc) is 3.25. The molecule has 2 fully saturated rings. The summed E-state index contributed by atoms with van der Waals surface area (Å²) >= 11 is 0. The van der Waals surface area contributed by atoms with E-state index in [1.165, 1.54) is 11.1 Å². The highest BCUT2D eigenvalue weighted by atomic mass is 16.6. The van der Waals surface area contributed by atoms with E-state index in [-0.39, 0.29) is 28.9 Å². The Kier molecular flexibility index (Phi) is 4.36. The van der Waals surface area contributed by atoms with Crippen molar-refractivity contribution in [1.82, 2.24) is 10.2 Å². The Morgan fingerprint density at radius 2 is 1.97 bits per heavy atom. The van der Waals surface area contributed by atoms with Crippen molar-refractivity contribution in [3.63, 3.8) is 0 Å². The van der Waals surface area contributed by atoms with Gasteiger partial charge in [0.25, 0.3) is 5.91 Å². The minimum atomic E-state index is -0.787. The summed E-state index contributed by atoms with van der Waals surface area (Å²) in [7, 11) is 5.34. The van der Waals surface area contributed by atoms with Crippen LogP contribution in [0.3, 0.4) is 0 Å². The van der Waals surface area contributed by atoms with E-state index in [2.05, 4.69) is 29.6 Å². The van der Waals surface area contributed by atoms with Gasteiger partial charge in [0.1, 0.15) is 11.7 Å². The van der Waals surface area contributed by atoms with Crippen molar-refractivity contribution in [2.75, 3.05) is 27.8 Å². The van der Waals surface area contributed by atoms with Crippen molar-refractivity contribution in [1.29, 1.82) is 0 Å². The fraction of sp³-hybridized carbons (Fsp3) is 0.483. The molecule has 0 unspecified atom stereocenters. The van der Waals surface area contributed by atoms with Gasteiger partial charge in [0.15, 0.2) is 11.5 Å². The van der Waals surface area contributed by atoms with Gasteiger partial charge in [-0.2, -0.15) is 0 Å². The van der Waals surface area contributed by atoms with Crippen molar-refractivity contribution < 1.29 is 19.0 Å². The average molecular weight is 473 g/mol. The summed E-state index contributed by atoms with van der Waals surface area (Å²) in [4.78, 5) is 15.9. The monoisotopic (exact) mass is 472 g/mol. The molecule has 0 aromatic heterocycles. The quantitative estimate of drug-likeness (QED) is 0.723. The number of methoxy groups -OCH3 is 2. The van der Waals surface area contributed by atoms with Crippen LogP contribution >= 0.6 is 0 Å². The second kappa shape index (κ2) is 7.11. The summed E-state index contributed by atoms with van der Waals surface area (Å²) in [5, 5.41) is 3.84. The summed E-state index contributed by atoms with van der Waals surface area (Å²) in [5.74, 6) is 1.67. The normalized spacial score (nSPS) is 35.1. The minimum Gasteiger partial charge on any atom is -0.493 e. The number of rotatable bonds is 5. The standard InChI is InChI=1S/C29H32N2O4/c1-31(17-18-7-5-4-6-8-18)25(32)20-16-27-11-12-29(20,34-3)26-28(27)13-14-30-22(27)15-19-9-10-21(33-2)24(35-26)23(19)28/h4-10,16,22,26,30H,11-15,17H2,1-3H3/t22-,26-,27-,28+,29-/m1/s1. The number of hydrogen-bond donors (Lipinski definition) is 1. The zero-order chi connectivity index (χ0) is 24.0. The summed E-state index contributed by atoms with van der Waals surface area (Å²) in [5.41, 5.74) is 3.34. The lowest BCUT2D eigenvalue weighted by atomic mass is 9.38. The van der Waals surface area contributed by atoms with Crippen LogP contribution in [0.5, 0.6) is 11.5 Å². The molecule has 1 N–H and O–H groups in total. The summed E-state index contributed by atoms with van der Waals surface area (Å²) in [6, 6.07) is 14.7. The number of likely N-dealkylation sites (N-methyl/N-ethyl adjacent to an activating group) is 1. The molecule has 5 atom stereocenters. The van der Waals surface area contributed by atoms with Crippen molar-refractivity contribution in [3.05, 3.63) is 70.8 Å². The van der Waals surface area contributed by atoms with Crippen molar-refractivity contribution in [2.24, 2.45) is 5.41 Å². The van der Waals surface area contributed by atoms with Gasteiger partial charge in [-0.05, 0) is 49.4 Å². The Hall–Kier alpha value is -2.83. The fourth-order valence-electron chi connectivity index (χ4n) is 8.34. The molecule has 6 nitrogen and oxygen atoms in total. The number of benzene rings is 2. The summed E-state index contributed by atoms with van der Waals surface area (Å²) < 4.78 is 19.1. The molecule has 2 heterocycles. The first-order chi connectivity index (χ1) is 17.0. The number of carbonyl (C=O) groups is 1. The maximum atomic E-state index is 14.1. The Bertz CT molecular complexity index is 1260. The number of nitrogens with zero attached hydrogens (tertiary/aromatic N) is 1. The van der Waals surface area contributed by atoms with Gasteiger partial charge in [-0.3, -0.25) is 4.79 Å². The van der Waals surface area contributed by atoms with Crippen LogP contribution in [-0.2, 0) is 27.9 Å². The van der Waals surface area contributed by atoms with Gasteiger partial charge >= 0.3 is 0 Å². The zero-order valence-electron chi connectivity index (χ0n) is 20.6. The van der Waals surface area contributed by atoms with Crippen LogP contribution in [0.15, 0.2) is 54.1 Å². The number of hydrogen-bond acceptors (Lipinski definition) is 5. The Labute approximate surface area is 206 Å². The first kappa shape index (κ1) is 21.5. The van der Waals surface area contributed by atoms with E-state index in [9.17, 15) is 4.79 Å². The molecule has 6 heteroatoms. The molecule has 1 saturated heterocycles. The lowest BCUT2D eigenvalue weighted by molar-refractivity contribution is -0.181. The fourth-order valence-corrected chi connectivity index (χ4v) is 8.34. The molecule has 1 amide bonds. The molecule has 2 spiro atoms. The number of amides is 1. The number of carbonyl (C=O) groups excluding carboxylic acids is 1. The summed E-state index contributed by atoms with van der Waals surface area (Å²) in [6.45, 7) is 1.49. The predicted octanol–water partition coefficient (Wildman–Crippen LogP) is 3.38. The van der Waals surface area contributed by atoms with Gasteiger partial charge in [-0.1, -0.05) is 42.5 Å². The lowest BCUT2D eigenvalue weighted by Gasteiger charge is -2.68.